The zero-order valence-corrected chi connectivity index (χ0v) is 17.4. The first-order chi connectivity index (χ1) is 14.0. The largest absolute Gasteiger partial charge is 0.496 e. The average Bonchev–Trinajstić information content (AvgIpc) is 3.45. The molecular weight excluding hydrogens is 396 g/mol. The molecule has 3 rings (SSSR count). The van der Waals surface area contributed by atoms with Crippen molar-refractivity contribution in [1.82, 2.24) is 15.6 Å². The van der Waals surface area contributed by atoms with Gasteiger partial charge in [-0.25, -0.2) is 4.98 Å². The van der Waals surface area contributed by atoms with E-state index < -0.39 is 5.91 Å². The average molecular weight is 420 g/mol. The van der Waals surface area contributed by atoms with Crippen LogP contribution in [-0.2, 0) is 0 Å². The molecule has 0 aliphatic heterocycles. The van der Waals surface area contributed by atoms with E-state index in [1.54, 1.807) is 11.4 Å². The summed E-state index contributed by atoms with van der Waals surface area (Å²) < 4.78 is 15.8. The van der Waals surface area contributed by atoms with Gasteiger partial charge >= 0.3 is 0 Å². The minimum Gasteiger partial charge on any atom is -0.496 e. The lowest BCUT2D eigenvalue weighted by molar-refractivity contribution is 0.0948. The Morgan fingerprint density at radius 3 is 2.38 bits per heavy atom. The molecule has 3 N–H and O–H groups in total. The fourth-order valence-corrected chi connectivity index (χ4v) is 3.32. The molecule has 10 heteroatoms. The van der Waals surface area contributed by atoms with Crippen LogP contribution < -0.4 is 30.2 Å². The van der Waals surface area contributed by atoms with Crippen LogP contribution in [0, 0.1) is 0 Å². The second-order valence-electron chi connectivity index (χ2n) is 6.38. The number of anilines is 1. The molecule has 1 aromatic carbocycles. The first-order valence-electron chi connectivity index (χ1n) is 9.14. The van der Waals surface area contributed by atoms with Crippen LogP contribution in [0.1, 0.15) is 33.7 Å². The molecule has 0 spiro atoms. The van der Waals surface area contributed by atoms with Crippen LogP contribution in [0.4, 0.5) is 5.13 Å². The third-order valence-corrected chi connectivity index (χ3v) is 5.09. The lowest BCUT2D eigenvalue weighted by Crippen LogP contribution is -2.32. The Balaban J connectivity index is 1.62. The maximum absolute atomic E-state index is 12.7. The fraction of sp³-hybridized carbons (Fsp3) is 0.421. The lowest BCUT2D eigenvalue weighted by atomic mass is 10.1. The zero-order chi connectivity index (χ0) is 20.8. The van der Waals surface area contributed by atoms with Crippen molar-refractivity contribution in [3.8, 4) is 17.2 Å². The van der Waals surface area contributed by atoms with E-state index in [4.69, 9.17) is 14.2 Å². The topological polar surface area (TPSA) is 111 Å². The van der Waals surface area contributed by atoms with Gasteiger partial charge in [0.15, 0.2) is 16.6 Å². The van der Waals surface area contributed by atoms with Crippen molar-refractivity contribution < 1.29 is 23.8 Å². The van der Waals surface area contributed by atoms with E-state index in [1.165, 1.54) is 51.6 Å². The van der Waals surface area contributed by atoms with E-state index in [2.05, 4.69) is 20.9 Å². The molecule has 1 fully saturated rings. The standard InChI is InChI=1S/C19H24N4O5S/c1-26-14-9-16(28-3)15(27-2)8-12(14)17(24)23-19-22-13(10-29-19)18(25)21-7-6-20-11-4-5-11/h8-11,20H,4-7H2,1-3H3,(H,21,25)(H,22,23,24). The van der Waals surface area contributed by atoms with Crippen LogP contribution in [0.2, 0.25) is 0 Å². The summed E-state index contributed by atoms with van der Waals surface area (Å²) in [6.45, 7) is 1.25. The summed E-state index contributed by atoms with van der Waals surface area (Å²) in [4.78, 5) is 29.1. The van der Waals surface area contributed by atoms with Gasteiger partial charge in [0, 0.05) is 36.6 Å². The molecule has 0 bridgehead atoms. The van der Waals surface area contributed by atoms with E-state index in [9.17, 15) is 9.59 Å². The first kappa shape index (κ1) is 20.9. The summed E-state index contributed by atoms with van der Waals surface area (Å²) >= 11 is 1.17. The second kappa shape index (κ2) is 9.57. The fourth-order valence-electron chi connectivity index (χ4n) is 2.64. The highest BCUT2D eigenvalue weighted by atomic mass is 32.1. The van der Waals surface area contributed by atoms with E-state index in [0.717, 1.165) is 6.54 Å². The lowest BCUT2D eigenvalue weighted by Gasteiger charge is -2.13. The number of ether oxygens (including phenoxy) is 3. The van der Waals surface area contributed by atoms with Crippen molar-refractivity contribution >= 4 is 28.3 Å². The van der Waals surface area contributed by atoms with Crippen molar-refractivity contribution in [3.63, 3.8) is 0 Å². The number of carbonyl (C=O) groups excluding carboxylic acids is 2. The third kappa shape index (κ3) is 5.36. The Hall–Kier alpha value is -2.85. The van der Waals surface area contributed by atoms with Crippen LogP contribution in [0.25, 0.3) is 0 Å². The molecule has 9 nitrogen and oxygen atoms in total. The third-order valence-electron chi connectivity index (χ3n) is 4.33. The number of nitrogens with one attached hydrogen (secondary N) is 3. The smallest absolute Gasteiger partial charge is 0.270 e. The van der Waals surface area contributed by atoms with Crippen molar-refractivity contribution in [1.29, 1.82) is 0 Å². The van der Waals surface area contributed by atoms with Crippen molar-refractivity contribution in [2.45, 2.75) is 18.9 Å². The molecule has 29 heavy (non-hydrogen) atoms. The molecule has 0 saturated heterocycles. The van der Waals surface area contributed by atoms with Crippen molar-refractivity contribution in [2.75, 3.05) is 39.7 Å². The van der Waals surface area contributed by atoms with Gasteiger partial charge in [-0.2, -0.15) is 0 Å². The normalized spacial score (nSPS) is 12.9. The molecule has 1 aliphatic rings. The number of aromatic nitrogens is 1. The molecule has 1 aromatic heterocycles. The number of amides is 2. The highest BCUT2D eigenvalue weighted by Crippen LogP contribution is 2.35. The van der Waals surface area contributed by atoms with Gasteiger partial charge in [0.25, 0.3) is 11.8 Å². The second-order valence-corrected chi connectivity index (χ2v) is 7.24. The minimum atomic E-state index is -0.433. The number of hydrogen-bond donors (Lipinski definition) is 3. The molecule has 0 unspecified atom stereocenters. The summed E-state index contributed by atoms with van der Waals surface area (Å²) in [6.07, 6.45) is 2.40. The molecule has 0 atom stereocenters. The van der Waals surface area contributed by atoms with Gasteiger partial charge in [-0.15, -0.1) is 11.3 Å². The van der Waals surface area contributed by atoms with Crippen LogP contribution >= 0.6 is 11.3 Å². The van der Waals surface area contributed by atoms with E-state index >= 15 is 0 Å². The van der Waals surface area contributed by atoms with Crippen LogP contribution in [0.3, 0.4) is 0 Å². The molecule has 2 amide bonds. The number of methoxy groups -OCH3 is 3. The van der Waals surface area contributed by atoms with Crippen LogP contribution in [0.5, 0.6) is 17.2 Å². The maximum atomic E-state index is 12.7. The number of thiazole rings is 1. The number of benzene rings is 1. The van der Waals surface area contributed by atoms with Crippen LogP contribution in [-0.4, -0.2) is 57.3 Å². The Labute approximate surface area is 172 Å². The molecule has 0 radical (unpaired) electrons. The van der Waals surface area contributed by atoms with Gasteiger partial charge in [-0.3, -0.25) is 14.9 Å². The SMILES string of the molecule is COc1cc(OC)c(C(=O)Nc2nc(C(=O)NCCNC3CC3)cs2)cc1OC. The highest BCUT2D eigenvalue weighted by Gasteiger charge is 2.21. The molecule has 1 aliphatic carbocycles. The number of rotatable bonds is 10. The van der Waals surface area contributed by atoms with E-state index in [-0.39, 0.29) is 17.2 Å². The molecule has 2 aromatic rings. The summed E-state index contributed by atoms with van der Waals surface area (Å²) in [5, 5.41) is 10.7. The van der Waals surface area contributed by atoms with E-state index in [1.807, 2.05) is 0 Å². The predicted octanol–water partition coefficient (Wildman–Crippen LogP) is 1.90. The van der Waals surface area contributed by atoms with Gasteiger partial charge in [0.05, 0.1) is 26.9 Å². The van der Waals surface area contributed by atoms with Gasteiger partial charge in [0.2, 0.25) is 0 Å². The summed E-state index contributed by atoms with van der Waals surface area (Å²) in [5.74, 6) is 0.473. The zero-order valence-electron chi connectivity index (χ0n) is 16.5. The van der Waals surface area contributed by atoms with E-state index in [0.29, 0.717) is 35.0 Å². The summed E-state index contributed by atoms with van der Waals surface area (Å²) in [5.41, 5.74) is 0.522. The molecule has 156 valence electrons. The van der Waals surface area contributed by atoms with Crippen molar-refractivity contribution in [3.05, 3.63) is 28.8 Å². The van der Waals surface area contributed by atoms with Gasteiger partial charge in [-0.1, -0.05) is 0 Å². The van der Waals surface area contributed by atoms with Crippen molar-refractivity contribution in [2.24, 2.45) is 0 Å². The highest BCUT2D eigenvalue weighted by molar-refractivity contribution is 7.14. The quantitative estimate of drug-likeness (QED) is 0.504. The molecular formula is C19H24N4O5S. The summed E-state index contributed by atoms with van der Waals surface area (Å²) in [6, 6.07) is 3.70. The van der Waals surface area contributed by atoms with Gasteiger partial charge in [0.1, 0.15) is 11.4 Å². The Bertz CT molecular complexity index is 881. The maximum Gasteiger partial charge on any atom is 0.270 e. The first-order valence-corrected chi connectivity index (χ1v) is 10.0. The molecule has 1 heterocycles. The predicted molar refractivity (Wildman–Crippen MR) is 110 cm³/mol. The number of hydrogen-bond acceptors (Lipinski definition) is 8. The summed E-state index contributed by atoms with van der Waals surface area (Å²) in [7, 11) is 4.45. The minimum absolute atomic E-state index is 0.260. The number of carbonyl (C=O) groups is 2. The Kier molecular flexibility index (Phi) is 6.89. The van der Waals surface area contributed by atoms with Gasteiger partial charge in [-0.05, 0) is 12.8 Å². The number of nitrogens with zero attached hydrogens (tertiary/aromatic N) is 1. The van der Waals surface area contributed by atoms with Gasteiger partial charge < -0.3 is 24.8 Å². The Morgan fingerprint density at radius 1 is 1.03 bits per heavy atom. The monoisotopic (exact) mass is 420 g/mol. The Morgan fingerprint density at radius 2 is 1.72 bits per heavy atom. The van der Waals surface area contributed by atoms with Crippen LogP contribution in [0.15, 0.2) is 17.5 Å². The molecule has 1 saturated carbocycles.